The Morgan fingerprint density at radius 1 is 1.46 bits per heavy atom. The molecule has 1 aromatic carbocycles. The van der Waals surface area contributed by atoms with Crippen LogP contribution in [0.4, 0.5) is 4.39 Å². The Kier molecular flexibility index (Phi) is 2.16. The molecular weight excluding hydrogens is 258 g/mol. The van der Waals surface area contributed by atoms with Crippen LogP contribution < -0.4 is 0 Å². The largest absolute Gasteiger partial charge is 0.294 e. The van der Waals surface area contributed by atoms with Gasteiger partial charge in [-0.05, 0) is 34.0 Å². The summed E-state index contributed by atoms with van der Waals surface area (Å²) >= 11 is 8.70. The van der Waals surface area contributed by atoms with Crippen LogP contribution in [0.3, 0.4) is 0 Å². The van der Waals surface area contributed by atoms with Crippen molar-refractivity contribution in [2.75, 3.05) is 0 Å². The van der Waals surface area contributed by atoms with Gasteiger partial charge in [-0.25, -0.2) is 4.39 Å². The van der Waals surface area contributed by atoms with Crippen LogP contribution in [0.2, 0.25) is 5.02 Å². The zero-order valence-corrected chi connectivity index (χ0v) is 8.88. The van der Waals surface area contributed by atoms with Crippen molar-refractivity contribution in [3.05, 3.63) is 32.5 Å². The van der Waals surface area contributed by atoms with Crippen LogP contribution >= 0.6 is 27.5 Å². The van der Waals surface area contributed by atoms with Crippen molar-refractivity contribution < 1.29 is 9.18 Å². The number of fused-ring (bicyclic) bond motifs is 1. The Bertz CT molecular complexity index is 403. The van der Waals surface area contributed by atoms with E-state index >= 15 is 0 Å². The molecule has 0 atom stereocenters. The molecule has 0 aromatic heterocycles. The minimum atomic E-state index is -0.477. The van der Waals surface area contributed by atoms with E-state index in [9.17, 15) is 9.18 Å². The minimum absolute atomic E-state index is 0.000810. The molecule has 0 amide bonds. The van der Waals surface area contributed by atoms with Crippen molar-refractivity contribution in [1.82, 2.24) is 0 Å². The van der Waals surface area contributed by atoms with E-state index < -0.39 is 5.82 Å². The zero-order valence-electron chi connectivity index (χ0n) is 6.53. The van der Waals surface area contributed by atoms with E-state index in [1.165, 1.54) is 6.07 Å². The average molecular weight is 263 g/mol. The second-order valence-electron chi connectivity index (χ2n) is 2.94. The molecule has 2 rings (SSSR count). The van der Waals surface area contributed by atoms with Gasteiger partial charge in [0.2, 0.25) is 0 Å². The van der Waals surface area contributed by atoms with Gasteiger partial charge in [-0.1, -0.05) is 11.6 Å². The Morgan fingerprint density at radius 2 is 2.15 bits per heavy atom. The second-order valence-corrected chi connectivity index (χ2v) is 4.14. The maximum atomic E-state index is 13.2. The molecule has 1 aromatic rings. The first-order valence-electron chi connectivity index (χ1n) is 3.81. The normalized spacial score (nSPS) is 14.8. The molecule has 68 valence electrons. The molecule has 0 heterocycles. The van der Waals surface area contributed by atoms with Crippen LogP contribution in [0.15, 0.2) is 10.5 Å². The average Bonchev–Trinajstić information content (AvgIpc) is 2.45. The number of ketones is 1. The van der Waals surface area contributed by atoms with Gasteiger partial charge in [-0.15, -0.1) is 0 Å². The molecule has 1 nitrogen and oxygen atoms in total. The fourth-order valence-electron chi connectivity index (χ4n) is 1.50. The number of carbonyl (C=O) groups excluding carboxylic acids is 1. The number of rotatable bonds is 0. The molecule has 1 aliphatic carbocycles. The van der Waals surface area contributed by atoms with Crippen molar-refractivity contribution >= 4 is 33.3 Å². The number of hydrogen-bond acceptors (Lipinski definition) is 1. The van der Waals surface area contributed by atoms with Crippen molar-refractivity contribution in [1.29, 1.82) is 0 Å². The third kappa shape index (κ3) is 1.30. The molecule has 0 unspecified atom stereocenters. The number of benzene rings is 1. The van der Waals surface area contributed by atoms with Gasteiger partial charge in [0.15, 0.2) is 11.6 Å². The third-order valence-electron chi connectivity index (χ3n) is 2.17. The van der Waals surface area contributed by atoms with E-state index in [1.807, 2.05) is 0 Å². The second kappa shape index (κ2) is 3.07. The van der Waals surface area contributed by atoms with Gasteiger partial charge < -0.3 is 0 Å². The lowest BCUT2D eigenvalue weighted by Crippen LogP contribution is -1.94. The molecule has 4 heteroatoms. The van der Waals surface area contributed by atoms with Crippen LogP contribution in [0.25, 0.3) is 0 Å². The Morgan fingerprint density at radius 3 is 2.85 bits per heavy atom. The standard InChI is InChI=1S/C9H5BrClFO/c10-8-4-1-2-7(13)5(4)3-6(11)9(8)12/h3H,1-2H2. The first-order chi connectivity index (χ1) is 6.11. The minimum Gasteiger partial charge on any atom is -0.294 e. The summed E-state index contributed by atoms with van der Waals surface area (Å²) < 4.78 is 13.6. The summed E-state index contributed by atoms with van der Waals surface area (Å²) in [6.45, 7) is 0. The van der Waals surface area contributed by atoms with Crippen LogP contribution in [0.1, 0.15) is 22.3 Å². The van der Waals surface area contributed by atoms with E-state index in [0.29, 0.717) is 22.9 Å². The lowest BCUT2D eigenvalue weighted by atomic mass is 10.1. The van der Waals surface area contributed by atoms with Crippen LogP contribution in [-0.4, -0.2) is 5.78 Å². The quantitative estimate of drug-likeness (QED) is 0.656. The Labute approximate surface area is 88.0 Å². The molecule has 13 heavy (non-hydrogen) atoms. The van der Waals surface area contributed by atoms with E-state index in [1.54, 1.807) is 0 Å². The van der Waals surface area contributed by atoms with Gasteiger partial charge in [0, 0.05) is 12.0 Å². The highest BCUT2D eigenvalue weighted by Gasteiger charge is 2.25. The highest BCUT2D eigenvalue weighted by Crippen LogP contribution is 2.35. The molecule has 0 N–H and O–H groups in total. The zero-order chi connectivity index (χ0) is 9.59. The van der Waals surface area contributed by atoms with Gasteiger partial charge in [-0.3, -0.25) is 4.79 Å². The monoisotopic (exact) mass is 262 g/mol. The van der Waals surface area contributed by atoms with E-state index in [-0.39, 0.29) is 10.8 Å². The molecule has 0 fully saturated rings. The number of carbonyl (C=O) groups is 1. The van der Waals surface area contributed by atoms with Crippen LogP contribution in [0.5, 0.6) is 0 Å². The fraction of sp³-hybridized carbons (Fsp3) is 0.222. The van der Waals surface area contributed by atoms with Crippen molar-refractivity contribution in [3.8, 4) is 0 Å². The Hall–Kier alpha value is -0.410. The topological polar surface area (TPSA) is 17.1 Å². The number of halogens is 3. The van der Waals surface area contributed by atoms with E-state index in [2.05, 4.69) is 15.9 Å². The smallest absolute Gasteiger partial charge is 0.163 e. The summed E-state index contributed by atoms with van der Waals surface area (Å²) in [7, 11) is 0. The van der Waals surface area contributed by atoms with Gasteiger partial charge in [-0.2, -0.15) is 0 Å². The fourth-order valence-corrected chi connectivity index (χ4v) is 2.44. The molecule has 0 bridgehead atoms. The highest BCUT2D eigenvalue weighted by atomic mass is 79.9. The Balaban J connectivity index is 2.74. The van der Waals surface area contributed by atoms with Crippen LogP contribution in [-0.2, 0) is 6.42 Å². The lowest BCUT2D eigenvalue weighted by molar-refractivity contribution is 0.0994. The lowest BCUT2D eigenvalue weighted by Gasteiger charge is -2.03. The highest BCUT2D eigenvalue weighted by molar-refractivity contribution is 9.10. The molecule has 0 spiro atoms. The number of hydrogen-bond donors (Lipinski definition) is 0. The third-order valence-corrected chi connectivity index (χ3v) is 3.27. The molecule has 0 aliphatic heterocycles. The molecule has 0 saturated heterocycles. The first-order valence-corrected chi connectivity index (χ1v) is 4.98. The summed E-state index contributed by atoms with van der Waals surface area (Å²) in [5, 5.41) is 0.000810. The van der Waals surface area contributed by atoms with E-state index in [4.69, 9.17) is 11.6 Å². The summed E-state index contributed by atoms with van der Waals surface area (Å²) in [6, 6.07) is 1.41. The molecule has 1 aliphatic rings. The molecule has 0 saturated carbocycles. The van der Waals surface area contributed by atoms with E-state index in [0.717, 1.165) is 5.56 Å². The maximum absolute atomic E-state index is 13.2. The van der Waals surface area contributed by atoms with Gasteiger partial charge in [0.05, 0.1) is 9.50 Å². The SMILES string of the molecule is O=C1CCc2c1cc(Cl)c(F)c2Br. The predicted molar refractivity (Wildman–Crippen MR) is 51.8 cm³/mol. The summed E-state index contributed by atoms with van der Waals surface area (Å²) in [6.07, 6.45) is 1.05. The molecule has 0 radical (unpaired) electrons. The summed E-state index contributed by atoms with van der Waals surface area (Å²) in [5.41, 5.74) is 1.30. The number of Topliss-reactive ketones (excluding diaryl/α,β-unsaturated/α-hetero) is 1. The summed E-state index contributed by atoms with van der Waals surface area (Å²) in [5.74, 6) is -0.437. The van der Waals surface area contributed by atoms with Crippen molar-refractivity contribution in [3.63, 3.8) is 0 Å². The van der Waals surface area contributed by atoms with Gasteiger partial charge in [0.25, 0.3) is 0 Å². The van der Waals surface area contributed by atoms with Gasteiger partial charge >= 0.3 is 0 Å². The van der Waals surface area contributed by atoms with Crippen LogP contribution in [0, 0.1) is 5.82 Å². The van der Waals surface area contributed by atoms with Crippen molar-refractivity contribution in [2.24, 2.45) is 0 Å². The van der Waals surface area contributed by atoms with Crippen molar-refractivity contribution in [2.45, 2.75) is 12.8 Å². The summed E-state index contributed by atoms with van der Waals surface area (Å²) in [4.78, 5) is 11.3. The predicted octanol–water partition coefficient (Wildman–Crippen LogP) is 3.37. The maximum Gasteiger partial charge on any atom is 0.163 e. The first kappa shape index (κ1) is 9.16. The van der Waals surface area contributed by atoms with Gasteiger partial charge in [0.1, 0.15) is 0 Å². The molecular formula is C9H5BrClFO.